The molecule has 0 radical (unpaired) electrons. The predicted molar refractivity (Wildman–Crippen MR) is 74.3 cm³/mol. The molecule has 0 heterocycles. The van der Waals surface area contributed by atoms with Crippen molar-refractivity contribution in [3.05, 3.63) is 35.9 Å². The van der Waals surface area contributed by atoms with Gasteiger partial charge in [-0.1, -0.05) is 51.1 Å². The van der Waals surface area contributed by atoms with Crippen molar-refractivity contribution in [1.29, 1.82) is 0 Å². The van der Waals surface area contributed by atoms with Crippen LogP contribution < -0.4 is 5.32 Å². The first-order chi connectivity index (χ1) is 8.28. The molecule has 0 spiro atoms. The molecule has 94 valence electrons. The fourth-order valence-electron chi connectivity index (χ4n) is 3.71. The van der Waals surface area contributed by atoms with E-state index in [4.69, 9.17) is 0 Å². The van der Waals surface area contributed by atoms with Crippen molar-refractivity contribution in [2.45, 2.75) is 52.0 Å². The first-order valence-corrected chi connectivity index (χ1v) is 7.06. The highest BCUT2D eigenvalue weighted by Crippen LogP contribution is 2.57. The molecule has 1 saturated carbocycles. The number of rotatable bonds is 5. The van der Waals surface area contributed by atoms with Crippen LogP contribution in [0.25, 0.3) is 0 Å². The Balaban J connectivity index is 2.20. The minimum absolute atomic E-state index is 0.483. The van der Waals surface area contributed by atoms with E-state index >= 15 is 0 Å². The third-order valence-electron chi connectivity index (χ3n) is 4.83. The SMILES string of the molecule is CCNC1CC(c2ccccc2)C1(CC)CC. The first-order valence-electron chi connectivity index (χ1n) is 7.06. The number of hydrogen-bond donors (Lipinski definition) is 1. The van der Waals surface area contributed by atoms with Crippen LogP contribution in [0.15, 0.2) is 30.3 Å². The Hall–Kier alpha value is -0.820. The van der Waals surface area contributed by atoms with E-state index in [9.17, 15) is 0 Å². The van der Waals surface area contributed by atoms with Gasteiger partial charge in [0.25, 0.3) is 0 Å². The van der Waals surface area contributed by atoms with Crippen molar-refractivity contribution in [3.8, 4) is 0 Å². The van der Waals surface area contributed by atoms with Crippen LogP contribution in [0.1, 0.15) is 51.5 Å². The standard InChI is InChI=1S/C16H25N/c1-4-16(5-2)14(12-15(16)17-6-3)13-10-8-7-9-11-13/h7-11,14-15,17H,4-6,12H2,1-3H3. The van der Waals surface area contributed by atoms with E-state index in [-0.39, 0.29) is 0 Å². The highest BCUT2D eigenvalue weighted by Gasteiger charge is 2.52. The van der Waals surface area contributed by atoms with E-state index in [1.165, 1.54) is 24.8 Å². The molecular weight excluding hydrogens is 206 g/mol. The zero-order chi connectivity index (χ0) is 12.3. The molecule has 1 heteroatoms. The van der Waals surface area contributed by atoms with Gasteiger partial charge in [0, 0.05) is 6.04 Å². The lowest BCUT2D eigenvalue weighted by Crippen LogP contribution is -2.58. The molecule has 1 fully saturated rings. The van der Waals surface area contributed by atoms with Crippen molar-refractivity contribution in [2.24, 2.45) is 5.41 Å². The third-order valence-corrected chi connectivity index (χ3v) is 4.83. The summed E-state index contributed by atoms with van der Waals surface area (Å²) < 4.78 is 0. The normalized spacial score (nSPS) is 26.5. The quantitative estimate of drug-likeness (QED) is 0.809. The van der Waals surface area contributed by atoms with Gasteiger partial charge in [0.1, 0.15) is 0 Å². The maximum atomic E-state index is 3.67. The van der Waals surface area contributed by atoms with Gasteiger partial charge >= 0.3 is 0 Å². The number of benzene rings is 1. The fourth-order valence-corrected chi connectivity index (χ4v) is 3.71. The monoisotopic (exact) mass is 231 g/mol. The largest absolute Gasteiger partial charge is 0.314 e. The highest BCUT2D eigenvalue weighted by molar-refractivity contribution is 5.28. The third kappa shape index (κ3) is 2.01. The van der Waals surface area contributed by atoms with Crippen LogP contribution in [-0.4, -0.2) is 12.6 Å². The average Bonchev–Trinajstić information content (AvgIpc) is 2.37. The molecular formula is C16H25N. The van der Waals surface area contributed by atoms with E-state index in [2.05, 4.69) is 56.4 Å². The Bertz CT molecular complexity index is 340. The van der Waals surface area contributed by atoms with Gasteiger partial charge in [0.15, 0.2) is 0 Å². The van der Waals surface area contributed by atoms with Gasteiger partial charge in [-0.25, -0.2) is 0 Å². The zero-order valence-corrected chi connectivity index (χ0v) is 11.4. The molecule has 17 heavy (non-hydrogen) atoms. The van der Waals surface area contributed by atoms with Crippen LogP contribution in [0.2, 0.25) is 0 Å². The van der Waals surface area contributed by atoms with Gasteiger partial charge in [-0.05, 0) is 42.7 Å². The molecule has 1 N–H and O–H groups in total. The lowest BCUT2D eigenvalue weighted by Gasteiger charge is -2.56. The number of nitrogens with one attached hydrogen (secondary N) is 1. The summed E-state index contributed by atoms with van der Waals surface area (Å²) in [6.07, 6.45) is 3.86. The Morgan fingerprint density at radius 3 is 2.29 bits per heavy atom. The summed E-state index contributed by atoms with van der Waals surface area (Å²) in [5, 5.41) is 3.67. The minimum Gasteiger partial charge on any atom is -0.314 e. The van der Waals surface area contributed by atoms with E-state index in [0.29, 0.717) is 11.5 Å². The van der Waals surface area contributed by atoms with Gasteiger partial charge in [-0.3, -0.25) is 0 Å². The van der Waals surface area contributed by atoms with Gasteiger partial charge in [0.2, 0.25) is 0 Å². The first kappa shape index (κ1) is 12.6. The topological polar surface area (TPSA) is 12.0 Å². The molecule has 0 saturated heterocycles. The smallest absolute Gasteiger partial charge is 0.0135 e. The summed E-state index contributed by atoms with van der Waals surface area (Å²) in [7, 11) is 0. The zero-order valence-electron chi connectivity index (χ0n) is 11.4. The molecule has 2 unspecified atom stereocenters. The van der Waals surface area contributed by atoms with Gasteiger partial charge in [-0.2, -0.15) is 0 Å². The lowest BCUT2D eigenvalue weighted by molar-refractivity contribution is 0.0210. The molecule has 1 aliphatic rings. The fraction of sp³-hybridized carbons (Fsp3) is 0.625. The van der Waals surface area contributed by atoms with Gasteiger partial charge < -0.3 is 5.32 Å². The predicted octanol–water partition coefficient (Wildman–Crippen LogP) is 3.96. The second-order valence-corrected chi connectivity index (χ2v) is 5.25. The van der Waals surface area contributed by atoms with Crippen LogP contribution in [0.3, 0.4) is 0 Å². The van der Waals surface area contributed by atoms with Crippen molar-refractivity contribution in [1.82, 2.24) is 5.32 Å². The number of hydrogen-bond acceptors (Lipinski definition) is 1. The van der Waals surface area contributed by atoms with Crippen LogP contribution in [0.4, 0.5) is 0 Å². The van der Waals surface area contributed by atoms with Crippen molar-refractivity contribution in [3.63, 3.8) is 0 Å². The minimum atomic E-state index is 0.483. The summed E-state index contributed by atoms with van der Waals surface area (Å²) >= 11 is 0. The summed E-state index contributed by atoms with van der Waals surface area (Å²) in [6.45, 7) is 8.01. The molecule has 1 aliphatic carbocycles. The maximum Gasteiger partial charge on any atom is 0.0135 e. The van der Waals surface area contributed by atoms with E-state index in [1.807, 2.05) is 0 Å². The molecule has 1 aromatic carbocycles. The van der Waals surface area contributed by atoms with Crippen LogP contribution >= 0.6 is 0 Å². The Morgan fingerprint density at radius 1 is 1.12 bits per heavy atom. The second kappa shape index (κ2) is 5.22. The van der Waals surface area contributed by atoms with Gasteiger partial charge in [-0.15, -0.1) is 0 Å². The lowest BCUT2D eigenvalue weighted by atomic mass is 9.52. The molecule has 2 atom stereocenters. The van der Waals surface area contributed by atoms with Gasteiger partial charge in [0.05, 0.1) is 0 Å². The van der Waals surface area contributed by atoms with Crippen LogP contribution in [-0.2, 0) is 0 Å². The van der Waals surface area contributed by atoms with E-state index in [0.717, 1.165) is 12.5 Å². The average molecular weight is 231 g/mol. The van der Waals surface area contributed by atoms with E-state index in [1.54, 1.807) is 0 Å². The second-order valence-electron chi connectivity index (χ2n) is 5.25. The molecule has 2 rings (SSSR count). The van der Waals surface area contributed by atoms with Crippen molar-refractivity contribution in [2.75, 3.05) is 6.54 Å². The van der Waals surface area contributed by atoms with Crippen molar-refractivity contribution < 1.29 is 0 Å². The summed E-state index contributed by atoms with van der Waals surface area (Å²) in [5.41, 5.74) is 2.02. The van der Waals surface area contributed by atoms with Crippen molar-refractivity contribution >= 4 is 0 Å². The summed E-state index contributed by atoms with van der Waals surface area (Å²) in [5.74, 6) is 0.753. The van der Waals surface area contributed by atoms with E-state index < -0.39 is 0 Å². The Morgan fingerprint density at radius 2 is 1.76 bits per heavy atom. The highest BCUT2D eigenvalue weighted by atomic mass is 15.0. The maximum absolute atomic E-state index is 3.67. The Kier molecular flexibility index (Phi) is 3.88. The van der Waals surface area contributed by atoms with Crippen LogP contribution in [0.5, 0.6) is 0 Å². The summed E-state index contributed by atoms with van der Waals surface area (Å²) in [6, 6.07) is 11.8. The molecule has 1 aromatic rings. The molecule has 0 bridgehead atoms. The summed E-state index contributed by atoms with van der Waals surface area (Å²) in [4.78, 5) is 0. The van der Waals surface area contributed by atoms with Crippen LogP contribution in [0, 0.1) is 5.41 Å². The molecule has 1 nitrogen and oxygen atoms in total. The molecule has 0 amide bonds. The molecule has 0 aromatic heterocycles. The Labute approximate surface area is 106 Å². The molecule has 0 aliphatic heterocycles.